The van der Waals surface area contributed by atoms with E-state index in [2.05, 4.69) is 15.4 Å². The van der Waals surface area contributed by atoms with E-state index in [0.717, 1.165) is 5.56 Å². The first-order valence-electron chi connectivity index (χ1n) is 9.14. The second-order valence-electron chi connectivity index (χ2n) is 6.64. The Morgan fingerprint density at radius 3 is 2.62 bits per heavy atom. The number of halogens is 1. The highest BCUT2D eigenvalue weighted by atomic mass is 35.5. The third kappa shape index (κ3) is 5.00. The SMILES string of the molecule is CC(C)c1c(C(=O)OCC(=O)NCc2ccccc2Cl)cnn1-c1ccccn1. The first-order valence-corrected chi connectivity index (χ1v) is 9.51. The summed E-state index contributed by atoms with van der Waals surface area (Å²) in [6, 6.07) is 12.7. The highest BCUT2D eigenvalue weighted by Crippen LogP contribution is 2.23. The van der Waals surface area contributed by atoms with E-state index >= 15 is 0 Å². The smallest absolute Gasteiger partial charge is 0.342 e. The number of carbonyl (C=O) groups excluding carboxylic acids is 2. The summed E-state index contributed by atoms with van der Waals surface area (Å²) >= 11 is 6.06. The van der Waals surface area contributed by atoms with Gasteiger partial charge in [0.05, 0.1) is 11.9 Å². The Labute approximate surface area is 173 Å². The molecule has 1 amide bonds. The third-order valence-corrected chi connectivity index (χ3v) is 4.58. The van der Waals surface area contributed by atoms with E-state index in [1.54, 1.807) is 29.1 Å². The Morgan fingerprint density at radius 1 is 1.17 bits per heavy atom. The van der Waals surface area contributed by atoms with E-state index in [-0.39, 0.29) is 12.5 Å². The monoisotopic (exact) mass is 412 g/mol. The number of benzene rings is 1. The Hall–Kier alpha value is -3.19. The lowest BCUT2D eigenvalue weighted by molar-refractivity contribution is -0.124. The standard InChI is InChI=1S/C21H21ClN4O3/c1-14(2)20-16(12-25-26(20)18-9-5-6-10-23-18)21(28)29-13-19(27)24-11-15-7-3-4-8-17(15)22/h3-10,12,14H,11,13H2,1-2H3,(H,24,27). The number of pyridine rings is 1. The van der Waals surface area contributed by atoms with Crippen molar-refractivity contribution in [2.75, 3.05) is 6.61 Å². The van der Waals surface area contributed by atoms with Gasteiger partial charge >= 0.3 is 5.97 Å². The first-order chi connectivity index (χ1) is 14.0. The minimum atomic E-state index is -0.608. The molecule has 0 saturated carbocycles. The lowest BCUT2D eigenvalue weighted by atomic mass is 10.1. The molecule has 0 unspecified atom stereocenters. The van der Waals surface area contributed by atoms with Gasteiger partial charge in [-0.25, -0.2) is 14.5 Å². The molecule has 7 nitrogen and oxygen atoms in total. The van der Waals surface area contributed by atoms with Crippen molar-refractivity contribution in [3.63, 3.8) is 0 Å². The molecule has 0 aliphatic rings. The second-order valence-corrected chi connectivity index (χ2v) is 7.05. The van der Waals surface area contributed by atoms with Crippen molar-refractivity contribution in [2.45, 2.75) is 26.3 Å². The van der Waals surface area contributed by atoms with E-state index in [0.29, 0.717) is 22.1 Å². The molecule has 2 aromatic heterocycles. The summed E-state index contributed by atoms with van der Waals surface area (Å²) in [5.41, 5.74) is 1.77. The lowest BCUT2D eigenvalue weighted by Crippen LogP contribution is -2.28. The normalized spacial score (nSPS) is 10.8. The Balaban J connectivity index is 1.64. The van der Waals surface area contributed by atoms with Gasteiger partial charge in [0.15, 0.2) is 12.4 Å². The first kappa shape index (κ1) is 20.5. The van der Waals surface area contributed by atoms with Crippen LogP contribution in [0.4, 0.5) is 0 Å². The van der Waals surface area contributed by atoms with Crippen molar-refractivity contribution >= 4 is 23.5 Å². The van der Waals surface area contributed by atoms with Crippen molar-refractivity contribution in [3.05, 3.63) is 76.7 Å². The van der Waals surface area contributed by atoms with Gasteiger partial charge in [0.2, 0.25) is 0 Å². The van der Waals surface area contributed by atoms with Gasteiger partial charge < -0.3 is 10.1 Å². The fraction of sp³-hybridized carbons (Fsp3) is 0.238. The largest absolute Gasteiger partial charge is 0.452 e. The number of rotatable bonds is 7. The van der Waals surface area contributed by atoms with Gasteiger partial charge in [-0.3, -0.25) is 4.79 Å². The van der Waals surface area contributed by atoms with E-state index in [1.807, 2.05) is 38.1 Å². The molecule has 29 heavy (non-hydrogen) atoms. The summed E-state index contributed by atoms with van der Waals surface area (Å²) in [6.45, 7) is 3.76. The summed E-state index contributed by atoms with van der Waals surface area (Å²) in [5.74, 6) is -0.422. The summed E-state index contributed by atoms with van der Waals surface area (Å²) in [5, 5.41) is 7.53. The quantitative estimate of drug-likeness (QED) is 0.600. The topological polar surface area (TPSA) is 86.1 Å². The van der Waals surface area contributed by atoms with Gasteiger partial charge in [0, 0.05) is 17.8 Å². The molecule has 0 bridgehead atoms. The lowest BCUT2D eigenvalue weighted by Gasteiger charge is -2.12. The molecule has 0 radical (unpaired) electrons. The summed E-state index contributed by atoms with van der Waals surface area (Å²) < 4.78 is 6.80. The summed E-state index contributed by atoms with van der Waals surface area (Å²) in [7, 11) is 0. The average molecular weight is 413 g/mol. The fourth-order valence-electron chi connectivity index (χ4n) is 2.83. The van der Waals surface area contributed by atoms with E-state index in [1.165, 1.54) is 6.20 Å². The van der Waals surface area contributed by atoms with Crippen LogP contribution in [-0.2, 0) is 16.1 Å². The zero-order valence-corrected chi connectivity index (χ0v) is 16.9. The van der Waals surface area contributed by atoms with Crippen molar-refractivity contribution < 1.29 is 14.3 Å². The van der Waals surface area contributed by atoms with Crippen LogP contribution in [-0.4, -0.2) is 33.2 Å². The van der Waals surface area contributed by atoms with Crippen LogP contribution in [0, 0.1) is 0 Å². The van der Waals surface area contributed by atoms with Crippen molar-refractivity contribution in [3.8, 4) is 5.82 Å². The number of esters is 1. The highest BCUT2D eigenvalue weighted by molar-refractivity contribution is 6.31. The van der Waals surface area contributed by atoms with Gasteiger partial charge in [0.1, 0.15) is 5.56 Å². The minimum absolute atomic E-state index is 0.00361. The molecule has 2 heterocycles. The van der Waals surface area contributed by atoms with E-state index in [9.17, 15) is 9.59 Å². The summed E-state index contributed by atoms with van der Waals surface area (Å²) in [4.78, 5) is 28.9. The van der Waals surface area contributed by atoms with Gasteiger partial charge in [-0.1, -0.05) is 49.7 Å². The Bertz CT molecular complexity index is 1000. The maximum atomic E-state index is 12.6. The van der Waals surface area contributed by atoms with Gasteiger partial charge in [0.25, 0.3) is 5.91 Å². The number of nitrogens with one attached hydrogen (secondary N) is 1. The van der Waals surface area contributed by atoms with E-state index < -0.39 is 18.5 Å². The molecule has 3 rings (SSSR count). The molecular formula is C21H21ClN4O3. The van der Waals surface area contributed by atoms with Crippen LogP contribution < -0.4 is 5.32 Å². The average Bonchev–Trinajstić information content (AvgIpc) is 3.18. The zero-order chi connectivity index (χ0) is 20.8. The van der Waals surface area contributed by atoms with Crippen LogP contribution >= 0.6 is 11.6 Å². The number of nitrogens with zero attached hydrogens (tertiary/aromatic N) is 3. The maximum Gasteiger partial charge on any atom is 0.342 e. The van der Waals surface area contributed by atoms with Crippen LogP contribution in [0.2, 0.25) is 5.02 Å². The molecule has 3 aromatic rings. The van der Waals surface area contributed by atoms with Crippen molar-refractivity contribution in [1.82, 2.24) is 20.1 Å². The molecule has 8 heteroatoms. The molecule has 0 fully saturated rings. The second kappa shape index (κ2) is 9.34. The molecule has 0 saturated heterocycles. The molecule has 0 spiro atoms. The predicted molar refractivity (Wildman–Crippen MR) is 109 cm³/mol. The molecule has 0 aliphatic heterocycles. The number of carbonyl (C=O) groups is 2. The van der Waals surface area contributed by atoms with Crippen LogP contribution in [0.25, 0.3) is 5.82 Å². The van der Waals surface area contributed by atoms with Crippen LogP contribution in [0.5, 0.6) is 0 Å². The fourth-order valence-corrected chi connectivity index (χ4v) is 3.03. The van der Waals surface area contributed by atoms with Crippen LogP contribution in [0.15, 0.2) is 54.9 Å². The number of amides is 1. The van der Waals surface area contributed by atoms with Gasteiger partial charge in [-0.15, -0.1) is 0 Å². The van der Waals surface area contributed by atoms with Crippen molar-refractivity contribution in [1.29, 1.82) is 0 Å². The van der Waals surface area contributed by atoms with Gasteiger partial charge in [-0.2, -0.15) is 5.10 Å². The number of hydrogen-bond acceptors (Lipinski definition) is 5. The predicted octanol–water partition coefficient (Wildman–Crippen LogP) is 3.52. The van der Waals surface area contributed by atoms with Crippen LogP contribution in [0.1, 0.15) is 41.4 Å². The highest BCUT2D eigenvalue weighted by Gasteiger charge is 2.23. The minimum Gasteiger partial charge on any atom is -0.452 e. The number of ether oxygens (including phenoxy) is 1. The third-order valence-electron chi connectivity index (χ3n) is 4.21. The molecule has 0 atom stereocenters. The maximum absolute atomic E-state index is 12.6. The van der Waals surface area contributed by atoms with Crippen molar-refractivity contribution in [2.24, 2.45) is 0 Å². The Morgan fingerprint density at radius 2 is 1.93 bits per heavy atom. The number of aromatic nitrogens is 3. The molecule has 0 aliphatic carbocycles. The van der Waals surface area contributed by atoms with Gasteiger partial charge in [-0.05, 0) is 29.7 Å². The summed E-state index contributed by atoms with van der Waals surface area (Å²) in [6.07, 6.45) is 3.09. The van der Waals surface area contributed by atoms with Crippen LogP contribution in [0.3, 0.4) is 0 Å². The molecule has 1 aromatic carbocycles. The Kier molecular flexibility index (Phi) is 6.61. The zero-order valence-electron chi connectivity index (χ0n) is 16.1. The molecule has 1 N–H and O–H groups in total. The number of hydrogen-bond donors (Lipinski definition) is 1. The van der Waals surface area contributed by atoms with E-state index in [4.69, 9.17) is 16.3 Å². The molecular weight excluding hydrogens is 392 g/mol. The molecule has 150 valence electrons.